The van der Waals surface area contributed by atoms with Crippen LogP contribution in [0.25, 0.3) is 0 Å². The first kappa shape index (κ1) is 9.14. The second-order valence-electron chi connectivity index (χ2n) is 0.877. The summed E-state index contributed by atoms with van der Waals surface area (Å²) in [7, 11) is 0. The van der Waals surface area contributed by atoms with Gasteiger partial charge in [0.1, 0.15) is 12.4 Å². The quantitative estimate of drug-likeness (QED) is 0.436. The number of rotatable bonds is 1. The Labute approximate surface area is 36.6 Å². The summed E-state index contributed by atoms with van der Waals surface area (Å²) < 4.78 is 0. The summed E-state index contributed by atoms with van der Waals surface area (Å²) in [6, 6.07) is 0. The Bertz CT molecular complexity index is 35.8. The molecule has 3 nitrogen and oxygen atoms in total. The number of carbonyl (C=O) groups excluding carboxylic acids is 1. The molecule has 0 aromatic rings. The summed E-state index contributed by atoms with van der Waals surface area (Å²) in [5.74, 6) is 0. The SMILES string of the molecule is CC(O)C=O.N. The molecule has 1 atom stereocenters. The molecule has 0 aromatic carbocycles. The molecule has 0 bridgehead atoms. The fourth-order valence-corrected chi connectivity index (χ4v) is 0. The summed E-state index contributed by atoms with van der Waals surface area (Å²) in [5, 5.41) is 7.99. The van der Waals surface area contributed by atoms with Crippen LogP contribution in [0.3, 0.4) is 0 Å². The van der Waals surface area contributed by atoms with Crippen LogP contribution < -0.4 is 6.15 Å². The molecule has 4 N–H and O–H groups in total. The Hall–Kier alpha value is -0.410. The molecule has 0 saturated heterocycles. The Morgan fingerprint density at radius 1 is 1.83 bits per heavy atom. The molecule has 0 rings (SSSR count). The summed E-state index contributed by atoms with van der Waals surface area (Å²) in [6.45, 7) is 1.41. The highest BCUT2D eigenvalue weighted by Gasteiger charge is 1.81. The second kappa shape index (κ2) is 4.59. The molecule has 0 fully saturated rings. The predicted octanol–water partition coefficient (Wildman–Crippen LogP) is -0.272. The van der Waals surface area contributed by atoms with E-state index in [1.807, 2.05) is 0 Å². The third kappa shape index (κ3) is 9.53. The van der Waals surface area contributed by atoms with Gasteiger partial charge in [0.05, 0.1) is 0 Å². The largest absolute Gasteiger partial charge is 0.386 e. The fourth-order valence-electron chi connectivity index (χ4n) is 0. The van der Waals surface area contributed by atoms with E-state index in [-0.39, 0.29) is 6.15 Å². The number of aliphatic hydroxyl groups excluding tert-OH is 1. The average Bonchev–Trinajstić information content (AvgIpc) is 1.38. The number of hydrogen-bond donors (Lipinski definition) is 2. The third-order valence-electron chi connectivity index (χ3n) is 0.197. The predicted molar refractivity (Wildman–Crippen MR) is 22.8 cm³/mol. The van der Waals surface area contributed by atoms with Crippen molar-refractivity contribution in [3.05, 3.63) is 0 Å². The molecule has 1 unspecified atom stereocenters. The lowest BCUT2D eigenvalue weighted by Crippen LogP contribution is -1.97. The summed E-state index contributed by atoms with van der Waals surface area (Å²) >= 11 is 0. The second-order valence-corrected chi connectivity index (χ2v) is 0.877. The zero-order valence-electron chi connectivity index (χ0n) is 3.72. The molecular weight excluding hydrogens is 82.0 g/mol. The van der Waals surface area contributed by atoms with Gasteiger partial charge in [-0.25, -0.2) is 0 Å². The van der Waals surface area contributed by atoms with Crippen LogP contribution in [-0.4, -0.2) is 17.5 Å². The van der Waals surface area contributed by atoms with Gasteiger partial charge in [0.25, 0.3) is 0 Å². The van der Waals surface area contributed by atoms with Crippen molar-refractivity contribution in [3.8, 4) is 0 Å². The van der Waals surface area contributed by atoms with Crippen LogP contribution in [0.5, 0.6) is 0 Å². The van der Waals surface area contributed by atoms with E-state index in [9.17, 15) is 4.79 Å². The molecule has 3 heteroatoms. The Morgan fingerprint density at radius 3 is 2.00 bits per heavy atom. The van der Waals surface area contributed by atoms with E-state index in [0.717, 1.165) is 0 Å². The maximum Gasteiger partial charge on any atom is 0.148 e. The van der Waals surface area contributed by atoms with Gasteiger partial charge < -0.3 is 16.1 Å². The van der Waals surface area contributed by atoms with Gasteiger partial charge in [-0.3, -0.25) is 0 Å². The Morgan fingerprint density at radius 2 is 2.00 bits per heavy atom. The minimum absolute atomic E-state index is 0. The first-order valence-electron chi connectivity index (χ1n) is 1.40. The molecule has 0 aliphatic heterocycles. The van der Waals surface area contributed by atoms with Crippen LogP contribution in [-0.2, 0) is 4.79 Å². The summed E-state index contributed by atoms with van der Waals surface area (Å²) in [5.41, 5.74) is 0. The number of aliphatic hydroxyl groups is 1. The first-order chi connectivity index (χ1) is 2.27. The molecule has 0 heterocycles. The van der Waals surface area contributed by atoms with E-state index < -0.39 is 6.10 Å². The van der Waals surface area contributed by atoms with Crippen LogP contribution in [0.1, 0.15) is 6.92 Å². The van der Waals surface area contributed by atoms with Crippen molar-refractivity contribution in [1.82, 2.24) is 6.15 Å². The zero-order chi connectivity index (χ0) is 4.28. The van der Waals surface area contributed by atoms with E-state index in [0.29, 0.717) is 6.29 Å². The van der Waals surface area contributed by atoms with Crippen LogP contribution in [0.4, 0.5) is 0 Å². The first-order valence-corrected chi connectivity index (χ1v) is 1.40. The minimum Gasteiger partial charge on any atom is -0.386 e. The van der Waals surface area contributed by atoms with Gasteiger partial charge >= 0.3 is 0 Å². The molecule has 0 aromatic heterocycles. The van der Waals surface area contributed by atoms with Crippen LogP contribution in [0.2, 0.25) is 0 Å². The minimum atomic E-state index is -0.796. The smallest absolute Gasteiger partial charge is 0.148 e. The van der Waals surface area contributed by atoms with Gasteiger partial charge in [-0.05, 0) is 6.92 Å². The van der Waals surface area contributed by atoms with Crippen molar-refractivity contribution >= 4 is 6.29 Å². The normalized spacial score (nSPS) is 11.7. The summed E-state index contributed by atoms with van der Waals surface area (Å²) in [4.78, 5) is 9.25. The fraction of sp³-hybridized carbons (Fsp3) is 0.667. The van der Waals surface area contributed by atoms with Crippen molar-refractivity contribution in [2.75, 3.05) is 0 Å². The van der Waals surface area contributed by atoms with Crippen LogP contribution in [0, 0.1) is 0 Å². The number of aldehydes is 1. The number of hydrogen-bond acceptors (Lipinski definition) is 3. The highest BCUT2D eigenvalue weighted by molar-refractivity contribution is 5.54. The van der Waals surface area contributed by atoms with E-state index in [4.69, 9.17) is 5.11 Å². The number of carbonyl (C=O) groups is 1. The van der Waals surface area contributed by atoms with E-state index in [1.54, 1.807) is 0 Å². The van der Waals surface area contributed by atoms with Gasteiger partial charge in [0.15, 0.2) is 0 Å². The Balaban J connectivity index is 0. The molecule has 38 valence electrons. The van der Waals surface area contributed by atoms with Crippen LogP contribution in [0.15, 0.2) is 0 Å². The topological polar surface area (TPSA) is 72.3 Å². The maximum absolute atomic E-state index is 9.25. The molecular formula is C3H9NO2. The van der Waals surface area contributed by atoms with Crippen LogP contribution >= 0.6 is 0 Å². The standard InChI is InChI=1S/C3H6O2.H3N/c1-3(5)2-4;/h2-3,5H,1H3;1H3. The molecule has 0 saturated carbocycles. The van der Waals surface area contributed by atoms with Gasteiger partial charge in [-0.15, -0.1) is 0 Å². The van der Waals surface area contributed by atoms with E-state index in [1.165, 1.54) is 6.92 Å². The van der Waals surface area contributed by atoms with E-state index in [2.05, 4.69) is 0 Å². The van der Waals surface area contributed by atoms with Crippen molar-refractivity contribution in [3.63, 3.8) is 0 Å². The highest BCUT2D eigenvalue weighted by Crippen LogP contribution is 1.62. The Kier molecular flexibility index (Phi) is 6.99. The maximum atomic E-state index is 9.25. The third-order valence-corrected chi connectivity index (χ3v) is 0.197. The van der Waals surface area contributed by atoms with Gasteiger partial charge in [-0.2, -0.15) is 0 Å². The average molecular weight is 91.1 g/mol. The molecule has 0 aliphatic rings. The molecule has 6 heavy (non-hydrogen) atoms. The molecule has 0 radical (unpaired) electrons. The lowest BCUT2D eigenvalue weighted by molar-refractivity contribution is -0.114. The molecule has 0 aliphatic carbocycles. The highest BCUT2D eigenvalue weighted by atomic mass is 16.3. The summed E-state index contributed by atoms with van der Waals surface area (Å²) in [6.07, 6.45) is -0.324. The van der Waals surface area contributed by atoms with Gasteiger partial charge in [0, 0.05) is 0 Å². The van der Waals surface area contributed by atoms with Crippen molar-refractivity contribution < 1.29 is 9.90 Å². The van der Waals surface area contributed by atoms with Gasteiger partial charge in [0.2, 0.25) is 0 Å². The van der Waals surface area contributed by atoms with Crippen molar-refractivity contribution in [2.45, 2.75) is 13.0 Å². The van der Waals surface area contributed by atoms with E-state index >= 15 is 0 Å². The monoisotopic (exact) mass is 91.1 g/mol. The molecule has 0 spiro atoms. The molecule has 0 amide bonds. The van der Waals surface area contributed by atoms with Crippen molar-refractivity contribution in [1.29, 1.82) is 0 Å². The van der Waals surface area contributed by atoms with Crippen molar-refractivity contribution in [2.24, 2.45) is 0 Å². The van der Waals surface area contributed by atoms with Gasteiger partial charge in [-0.1, -0.05) is 0 Å². The lowest BCUT2D eigenvalue weighted by Gasteiger charge is -1.79. The zero-order valence-corrected chi connectivity index (χ0v) is 3.72. The lowest BCUT2D eigenvalue weighted by atomic mass is 10.5.